The van der Waals surface area contributed by atoms with Crippen LogP contribution in [0.3, 0.4) is 0 Å². The van der Waals surface area contributed by atoms with Gasteiger partial charge in [0.25, 0.3) is 5.56 Å². The molecule has 0 aliphatic heterocycles. The highest BCUT2D eigenvalue weighted by atomic mass is 35.5. The Kier molecular flexibility index (Phi) is 4.59. The SMILES string of the molecule is Cc1cc(Cc2ccc(=O)n(C)n2)n(C)c1C(=O)c1ccc(Cl)cc1. The average Bonchev–Trinajstić information content (AvgIpc) is 2.85. The van der Waals surface area contributed by atoms with E-state index in [0.717, 1.165) is 17.0 Å². The molecule has 0 saturated carbocycles. The molecule has 0 radical (unpaired) electrons. The smallest absolute Gasteiger partial charge is 0.266 e. The van der Waals surface area contributed by atoms with E-state index < -0.39 is 0 Å². The van der Waals surface area contributed by atoms with Crippen LogP contribution in [0.25, 0.3) is 0 Å². The maximum absolute atomic E-state index is 12.8. The van der Waals surface area contributed by atoms with Gasteiger partial charge < -0.3 is 4.57 Å². The topological polar surface area (TPSA) is 56.9 Å². The standard InChI is InChI=1S/C19H18ClN3O2/c1-12-10-16(11-15-8-9-17(24)23(3)21-15)22(2)18(12)19(25)13-4-6-14(20)7-5-13/h4-10H,11H2,1-3H3. The van der Waals surface area contributed by atoms with Crippen molar-refractivity contribution in [2.75, 3.05) is 0 Å². The monoisotopic (exact) mass is 355 g/mol. The maximum atomic E-state index is 12.8. The molecule has 0 amide bonds. The number of ketones is 1. The van der Waals surface area contributed by atoms with Crippen LogP contribution >= 0.6 is 11.6 Å². The van der Waals surface area contributed by atoms with Gasteiger partial charge in [-0.3, -0.25) is 9.59 Å². The second kappa shape index (κ2) is 6.69. The van der Waals surface area contributed by atoms with Crippen LogP contribution in [0.1, 0.15) is 33.0 Å². The summed E-state index contributed by atoms with van der Waals surface area (Å²) in [6.07, 6.45) is 0.541. The van der Waals surface area contributed by atoms with Crippen LogP contribution in [-0.2, 0) is 20.5 Å². The van der Waals surface area contributed by atoms with E-state index in [9.17, 15) is 9.59 Å². The van der Waals surface area contributed by atoms with E-state index in [0.29, 0.717) is 22.7 Å². The number of benzene rings is 1. The quantitative estimate of drug-likeness (QED) is 0.676. The van der Waals surface area contributed by atoms with Crippen LogP contribution in [0.5, 0.6) is 0 Å². The molecule has 5 nitrogen and oxygen atoms in total. The second-order valence-electron chi connectivity index (χ2n) is 6.03. The van der Waals surface area contributed by atoms with Gasteiger partial charge in [0.2, 0.25) is 5.78 Å². The van der Waals surface area contributed by atoms with Crippen molar-refractivity contribution in [1.29, 1.82) is 0 Å². The van der Waals surface area contributed by atoms with Crippen molar-refractivity contribution >= 4 is 17.4 Å². The van der Waals surface area contributed by atoms with E-state index in [1.807, 2.05) is 24.6 Å². The molecule has 0 atom stereocenters. The number of nitrogens with zero attached hydrogens (tertiary/aromatic N) is 3. The highest BCUT2D eigenvalue weighted by Crippen LogP contribution is 2.21. The minimum Gasteiger partial charge on any atom is -0.344 e. The minimum atomic E-state index is -0.148. The van der Waals surface area contributed by atoms with Crippen molar-refractivity contribution in [2.45, 2.75) is 13.3 Å². The highest BCUT2D eigenvalue weighted by Gasteiger charge is 2.19. The van der Waals surface area contributed by atoms with Crippen molar-refractivity contribution in [2.24, 2.45) is 14.1 Å². The molecule has 0 spiro atoms. The Labute approximate surface area is 150 Å². The number of halogens is 1. The first kappa shape index (κ1) is 17.2. The molecule has 3 rings (SSSR count). The summed E-state index contributed by atoms with van der Waals surface area (Å²) in [5, 5.41) is 4.85. The molecular weight excluding hydrogens is 338 g/mol. The van der Waals surface area contributed by atoms with Gasteiger partial charge in [-0.1, -0.05) is 11.6 Å². The van der Waals surface area contributed by atoms with Gasteiger partial charge in [-0.05, 0) is 48.9 Å². The first-order valence-corrected chi connectivity index (χ1v) is 8.23. The van der Waals surface area contributed by atoms with Gasteiger partial charge in [-0.25, -0.2) is 4.68 Å². The summed E-state index contributed by atoms with van der Waals surface area (Å²) in [5.74, 6) is -0.0451. The number of hydrogen-bond donors (Lipinski definition) is 0. The highest BCUT2D eigenvalue weighted by molar-refractivity contribution is 6.30. The molecule has 128 valence electrons. The van der Waals surface area contributed by atoms with Crippen molar-refractivity contribution < 1.29 is 4.79 Å². The molecule has 6 heteroatoms. The lowest BCUT2D eigenvalue weighted by Crippen LogP contribution is -2.19. The third kappa shape index (κ3) is 3.42. The van der Waals surface area contributed by atoms with Crippen molar-refractivity contribution in [3.8, 4) is 0 Å². The fourth-order valence-corrected chi connectivity index (χ4v) is 3.02. The number of carbonyl (C=O) groups excluding carboxylic acids is 1. The molecule has 2 aromatic heterocycles. The Bertz CT molecular complexity index is 1000. The van der Waals surface area contributed by atoms with E-state index >= 15 is 0 Å². The number of hydrogen-bond acceptors (Lipinski definition) is 3. The maximum Gasteiger partial charge on any atom is 0.266 e. The van der Waals surface area contributed by atoms with E-state index in [1.54, 1.807) is 37.4 Å². The Morgan fingerprint density at radius 3 is 2.44 bits per heavy atom. The largest absolute Gasteiger partial charge is 0.344 e. The zero-order chi connectivity index (χ0) is 18.1. The molecule has 0 bridgehead atoms. The molecule has 0 N–H and O–H groups in total. The fourth-order valence-electron chi connectivity index (χ4n) is 2.89. The summed E-state index contributed by atoms with van der Waals surface area (Å²) in [5.41, 5.74) is 3.73. The van der Waals surface area contributed by atoms with Gasteiger partial charge >= 0.3 is 0 Å². The van der Waals surface area contributed by atoms with Crippen molar-refractivity contribution in [1.82, 2.24) is 14.3 Å². The summed E-state index contributed by atoms with van der Waals surface area (Å²) in [6.45, 7) is 1.92. The normalized spacial score (nSPS) is 10.9. The Morgan fingerprint density at radius 1 is 1.12 bits per heavy atom. The van der Waals surface area contributed by atoms with Crippen LogP contribution in [-0.4, -0.2) is 20.1 Å². The molecule has 2 heterocycles. The summed E-state index contributed by atoms with van der Waals surface area (Å²) in [4.78, 5) is 24.3. The van der Waals surface area contributed by atoms with E-state index in [1.165, 1.54) is 10.7 Å². The molecule has 25 heavy (non-hydrogen) atoms. The number of aromatic nitrogens is 3. The molecule has 0 fully saturated rings. The Balaban J connectivity index is 1.95. The van der Waals surface area contributed by atoms with Gasteiger partial charge in [0, 0.05) is 42.9 Å². The predicted octanol–water partition coefficient (Wildman–Crippen LogP) is 2.90. The van der Waals surface area contributed by atoms with Gasteiger partial charge in [0.05, 0.1) is 11.4 Å². The zero-order valence-electron chi connectivity index (χ0n) is 14.3. The summed E-state index contributed by atoms with van der Waals surface area (Å²) in [6, 6.07) is 12.1. The average molecular weight is 356 g/mol. The number of aryl methyl sites for hydroxylation is 2. The van der Waals surface area contributed by atoms with Crippen LogP contribution in [0.15, 0.2) is 47.3 Å². The van der Waals surface area contributed by atoms with E-state index in [4.69, 9.17) is 11.6 Å². The molecule has 3 aromatic rings. The van der Waals surface area contributed by atoms with Crippen LogP contribution in [0, 0.1) is 6.92 Å². The van der Waals surface area contributed by atoms with Gasteiger partial charge in [-0.2, -0.15) is 5.10 Å². The number of rotatable bonds is 4. The van der Waals surface area contributed by atoms with E-state index in [-0.39, 0.29) is 11.3 Å². The molecule has 0 aliphatic rings. The molecule has 1 aromatic carbocycles. The van der Waals surface area contributed by atoms with Crippen molar-refractivity contribution in [3.63, 3.8) is 0 Å². The van der Waals surface area contributed by atoms with Gasteiger partial charge in [0.1, 0.15) is 0 Å². The zero-order valence-corrected chi connectivity index (χ0v) is 15.0. The Hall–Kier alpha value is -2.66. The lowest BCUT2D eigenvalue weighted by Gasteiger charge is -2.08. The minimum absolute atomic E-state index is 0.0451. The van der Waals surface area contributed by atoms with Gasteiger partial charge in [-0.15, -0.1) is 0 Å². The first-order chi connectivity index (χ1) is 11.9. The lowest BCUT2D eigenvalue weighted by molar-refractivity contribution is 0.103. The molecular formula is C19H18ClN3O2. The summed E-state index contributed by atoms with van der Waals surface area (Å²) in [7, 11) is 3.49. The lowest BCUT2D eigenvalue weighted by atomic mass is 10.1. The predicted molar refractivity (Wildman–Crippen MR) is 97.3 cm³/mol. The van der Waals surface area contributed by atoms with E-state index in [2.05, 4.69) is 5.10 Å². The third-order valence-corrected chi connectivity index (χ3v) is 4.47. The summed E-state index contributed by atoms with van der Waals surface area (Å²) >= 11 is 5.90. The summed E-state index contributed by atoms with van der Waals surface area (Å²) < 4.78 is 3.20. The fraction of sp³-hybridized carbons (Fsp3) is 0.211. The number of carbonyl (C=O) groups is 1. The molecule has 0 aliphatic carbocycles. The van der Waals surface area contributed by atoms with Crippen LogP contribution < -0.4 is 5.56 Å². The Morgan fingerprint density at radius 2 is 1.80 bits per heavy atom. The third-order valence-electron chi connectivity index (χ3n) is 4.22. The van der Waals surface area contributed by atoms with Crippen LogP contribution in [0.4, 0.5) is 0 Å². The molecule has 0 unspecified atom stereocenters. The second-order valence-corrected chi connectivity index (χ2v) is 6.46. The van der Waals surface area contributed by atoms with Crippen LogP contribution in [0.2, 0.25) is 5.02 Å². The van der Waals surface area contributed by atoms with Crippen molar-refractivity contribution in [3.05, 3.63) is 86.0 Å². The molecule has 0 saturated heterocycles. The first-order valence-electron chi connectivity index (χ1n) is 7.85. The van der Waals surface area contributed by atoms with Gasteiger partial charge in [0.15, 0.2) is 0 Å².